The highest BCUT2D eigenvalue weighted by atomic mass is 127. The number of nitrogen functional groups attached to an aromatic ring is 1. The van der Waals surface area contributed by atoms with Gasteiger partial charge in [0.05, 0.1) is 17.6 Å². The van der Waals surface area contributed by atoms with Gasteiger partial charge in [0.25, 0.3) is 0 Å². The van der Waals surface area contributed by atoms with E-state index in [-0.39, 0.29) is 0 Å². The number of hydrogen-bond donors (Lipinski definition) is 2. The van der Waals surface area contributed by atoms with Crippen molar-refractivity contribution >= 4 is 51.1 Å². The third kappa shape index (κ3) is 3.26. The van der Waals surface area contributed by atoms with E-state index in [1.807, 2.05) is 43.3 Å². The average molecular weight is 411 g/mol. The van der Waals surface area contributed by atoms with E-state index in [1.54, 1.807) is 11.8 Å². The number of aromatic nitrogens is 2. The molecule has 0 fully saturated rings. The van der Waals surface area contributed by atoms with Crippen LogP contribution in [0, 0.1) is 3.57 Å². The van der Waals surface area contributed by atoms with Crippen LogP contribution >= 0.6 is 34.4 Å². The van der Waals surface area contributed by atoms with Gasteiger partial charge in [-0.25, -0.2) is 4.98 Å². The molecule has 2 aromatic carbocycles. The van der Waals surface area contributed by atoms with Crippen LogP contribution in [0.25, 0.3) is 11.0 Å². The molecule has 0 aliphatic carbocycles. The number of ether oxygens (including phenoxy) is 1. The molecule has 0 unspecified atom stereocenters. The first-order chi connectivity index (χ1) is 10.2. The average Bonchev–Trinajstić information content (AvgIpc) is 2.84. The van der Waals surface area contributed by atoms with Crippen molar-refractivity contribution in [1.29, 1.82) is 0 Å². The number of anilines is 1. The lowest BCUT2D eigenvalue weighted by molar-refractivity contribution is 0.340. The monoisotopic (exact) mass is 411 g/mol. The Balaban J connectivity index is 1.90. The number of nitrogens with two attached hydrogens (primary N) is 1. The molecule has 0 aliphatic rings. The molecule has 0 radical (unpaired) electrons. The number of nitrogens with zero attached hydrogens (tertiary/aromatic N) is 1. The molecule has 0 bridgehead atoms. The quantitative estimate of drug-likeness (QED) is 0.497. The predicted molar refractivity (Wildman–Crippen MR) is 95.0 cm³/mol. The van der Waals surface area contributed by atoms with Gasteiger partial charge in [-0.3, -0.25) is 0 Å². The summed E-state index contributed by atoms with van der Waals surface area (Å²) in [5.74, 6) is 0.854. The first kappa shape index (κ1) is 14.5. The maximum atomic E-state index is 5.78. The van der Waals surface area contributed by atoms with Gasteiger partial charge in [0.2, 0.25) is 0 Å². The Morgan fingerprint density at radius 1 is 1.29 bits per heavy atom. The Kier molecular flexibility index (Phi) is 4.25. The molecule has 0 saturated heterocycles. The Morgan fingerprint density at radius 2 is 2.14 bits per heavy atom. The molecule has 0 amide bonds. The van der Waals surface area contributed by atoms with E-state index in [2.05, 4.69) is 32.6 Å². The third-order valence-corrected chi connectivity index (χ3v) is 5.13. The van der Waals surface area contributed by atoms with Crippen molar-refractivity contribution in [3.63, 3.8) is 0 Å². The topological polar surface area (TPSA) is 63.9 Å². The van der Waals surface area contributed by atoms with Crippen molar-refractivity contribution in [2.45, 2.75) is 17.0 Å². The zero-order valence-corrected chi connectivity index (χ0v) is 14.4. The largest absolute Gasteiger partial charge is 0.494 e. The first-order valence-corrected chi connectivity index (χ1v) is 8.40. The highest BCUT2D eigenvalue weighted by Gasteiger charge is 2.08. The van der Waals surface area contributed by atoms with Crippen LogP contribution in [-0.2, 0) is 0 Å². The van der Waals surface area contributed by atoms with Crippen LogP contribution in [0.2, 0.25) is 0 Å². The summed E-state index contributed by atoms with van der Waals surface area (Å²) >= 11 is 3.88. The molecular formula is C15H14IN3OS. The summed E-state index contributed by atoms with van der Waals surface area (Å²) in [6.07, 6.45) is 0. The lowest BCUT2D eigenvalue weighted by Crippen LogP contribution is -1.90. The van der Waals surface area contributed by atoms with Crippen molar-refractivity contribution in [1.82, 2.24) is 9.97 Å². The number of H-pyrrole nitrogens is 1. The van der Waals surface area contributed by atoms with Crippen molar-refractivity contribution < 1.29 is 4.74 Å². The molecule has 21 heavy (non-hydrogen) atoms. The van der Waals surface area contributed by atoms with E-state index in [0.29, 0.717) is 6.61 Å². The summed E-state index contributed by atoms with van der Waals surface area (Å²) < 4.78 is 6.62. The minimum absolute atomic E-state index is 0.658. The number of halogens is 1. The molecule has 6 heteroatoms. The van der Waals surface area contributed by atoms with Crippen LogP contribution in [0.3, 0.4) is 0 Å². The molecule has 3 aromatic rings. The fourth-order valence-electron chi connectivity index (χ4n) is 1.97. The van der Waals surface area contributed by atoms with E-state index in [1.165, 1.54) is 0 Å². The fourth-order valence-corrected chi connectivity index (χ4v) is 3.65. The smallest absolute Gasteiger partial charge is 0.171 e. The molecule has 3 rings (SSSR count). The summed E-state index contributed by atoms with van der Waals surface area (Å²) in [7, 11) is 0. The van der Waals surface area contributed by atoms with Gasteiger partial charge < -0.3 is 15.5 Å². The van der Waals surface area contributed by atoms with Crippen LogP contribution in [-0.4, -0.2) is 16.6 Å². The van der Waals surface area contributed by atoms with E-state index < -0.39 is 0 Å². The van der Waals surface area contributed by atoms with Crippen LogP contribution in [0.1, 0.15) is 6.92 Å². The number of hydrogen-bond acceptors (Lipinski definition) is 4. The van der Waals surface area contributed by atoms with E-state index >= 15 is 0 Å². The maximum absolute atomic E-state index is 5.78. The van der Waals surface area contributed by atoms with Gasteiger partial charge in [0, 0.05) is 20.2 Å². The van der Waals surface area contributed by atoms with Gasteiger partial charge in [-0.05, 0) is 59.8 Å². The number of aromatic amines is 1. The van der Waals surface area contributed by atoms with E-state index in [0.717, 1.165) is 36.1 Å². The minimum Gasteiger partial charge on any atom is -0.494 e. The second kappa shape index (κ2) is 6.15. The second-order valence-corrected chi connectivity index (χ2v) is 6.64. The van der Waals surface area contributed by atoms with Gasteiger partial charge in [-0.2, -0.15) is 0 Å². The molecule has 0 spiro atoms. The Hall–Kier alpha value is -1.41. The van der Waals surface area contributed by atoms with Gasteiger partial charge in [0.1, 0.15) is 5.75 Å². The van der Waals surface area contributed by atoms with Gasteiger partial charge >= 0.3 is 0 Å². The van der Waals surface area contributed by atoms with Gasteiger partial charge in [0.15, 0.2) is 5.16 Å². The Labute approximate surface area is 140 Å². The van der Waals surface area contributed by atoms with E-state index in [4.69, 9.17) is 10.5 Å². The van der Waals surface area contributed by atoms with Crippen LogP contribution in [0.5, 0.6) is 5.75 Å². The zero-order valence-electron chi connectivity index (χ0n) is 11.4. The highest BCUT2D eigenvalue weighted by molar-refractivity contribution is 14.1. The zero-order chi connectivity index (χ0) is 14.8. The number of fused-ring (bicyclic) bond motifs is 1. The number of rotatable bonds is 4. The van der Waals surface area contributed by atoms with Gasteiger partial charge in [-0.15, -0.1) is 0 Å². The lowest BCUT2D eigenvalue weighted by atomic mass is 10.3. The molecule has 1 aromatic heterocycles. The summed E-state index contributed by atoms with van der Waals surface area (Å²) in [4.78, 5) is 9.05. The van der Waals surface area contributed by atoms with Crippen LogP contribution in [0.4, 0.5) is 5.69 Å². The summed E-state index contributed by atoms with van der Waals surface area (Å²) in [5, 5.41) is 0.862. The lowest BCUT2D eigenvalue weighted by Gasteiger charge is -2.02. The fraction of sp³-hybridized carbons (Fsp3) is 0.133. The molecular weight excluding hydrogens is 397 g/mol. The summed E-state index contributed by atoms with van der Waals surface area (Å²) in [6.45, 7) is 2.63. The third-order valence-electron chi connectivity index (χ3n) is 2.91. The van der Waals surface area contributed by atoms with Crippen molar-refractivity contribution in [3.05, 3.63) is 40.0 Å². The second-order valence-electron chi connectivity index (χ2n) is 4.45. The molecule has 108 valence electrons. The normalized spacial score (nSPS) is 11.0. The molecule has 3 N–H and O–H groups in total. The van der Waals surface area contributed by atoms with Crippen molar-refractivity contribution in [3.8, 4) is 5.75 Å². The molecule has 0 atom stereocenters. The number of nitrogens with one attached hydrogen (secondary N) is 1. The predicted octanol–water partition coefficient (Wildman–Crippen LogP) is 4.30. The minimum atomic E-state index is 0.658. The van der Waals surface area contributed by atoms with Crippen LogP contribution in [0.15, 0.2) is 46.5 Å². The molecule has 0 saturated carbocycles. The Bertz CT molecular complexity index is 788. The van der Waals surface area contributed by atoms with Crippen molar-refractivity contribution in [2.24, 2.45) is 0 Å². The summed E-state index contributed by atoms with van der Waals surface area (Å²) in [6, 6.07) is 11.8. The number of benzene rings is 2. The molecule has 1 heterocycles. The van der Waals surface area contributed by atoms with E-state index in [9.17, 15) is 0 Å². The summed E-state index contributed by atoms with van der Waals surface area (Å²) in [5.41, 5.74) is 8.47. The van der Waals surface area contributed by atoms with Crippen molar-refractivity contribution in [2.75, 3.05) is 12.3 Å². The van der Waals surface area contributed by atoms with Crippen LogP contribution < -0.4 is 10.5 Å². The number of imidazole rings is 1. The highest BCUT2D eigenvalue weighted by Crippen LogP contribution is 2.32. The maximum Gasteiger partial charge on any atom is 0.171 e. The SMILES string of the molecule is CCOc1ccc2nc(Sc3ccc(N)cc3I)[nH]c2c1. The Morgan fingerprint density at radius 3 is 2.90 bits per heavy atom. The molecule has 4 nitrogen and oxygen atoms in total. The first-order valence-electron chi connectivity index (χ1n) is 6.51. The molecule has 0 aliphatic heterocycles. The van der Waals surface area contributed by atoms with Gasteiger partial charge in [-0.1, -0.05) is 11.8 Å². The standard InChI is InChI=1S/C15H14IN3OS/c1-2-20-10-4-5-12-13(8-10)19-15(18-12)21-14-6-3-9(17)7-11(14)16/h3-8H,2,17H2,1H3,(H,18,19).